The van der Waals surface area contributed by atoms with Crippen LogP contribution in [0.1, 0.15) is 39.5 Å². The molecule has 0 radical (unpaired) electrons. The molecule has 0 saturated heterocycles. The topological polar surface area (TPSA) is 17.1 Å². The first-order valence-corrected chi connectivity index (χ1v) is 6.59. The molecule has 0 aromatic carbocycles. The summed E-state index contributed by atoms with van der Waals surface area (Å²) >= 11 is 3.84. The third-order valence-corrected chi connectivity index (χ3v) is 5.91. The molecule has 2 bridgehead atoms. The first-order chi connectivity index (χ1) is 6.91. The summed E-state index contributed by atoms with van der Waals surface area (Å²) in [5.41, 5.74) is 0.453. The summed E-state index contributed by atoms with van der Waals surface area (Å²) in [7, 11) is 0. The Morgan fingerprint density at radius 1 is 1.60 bits per heavy atom. The number of rotatable bonds is 2. The quantitative estimate of drug-likeness (QED) is 0.552. The molecule has 2 fully saturated rings. The molecule has 2 heteroatoms. The van der Waals surface area contributed by atoms with Crippen LogP contribution in [0.4, 0.5) is 0 Å². The highest BCUT2D eigenvalue weighted by Gasteiger charge is 2.59. The summed E-state index contributed by atoms with van der Waals surface area (Å²) in [6.07, 6.45) is 5.61. The maximum atomic E-state index is 11.8. The van der Waals surface area contributed by atoms with E-state index in [2.05, 4.69) is 36.4 Å². The van der Waals surface area contributed by atoms with Crippen molar-refractivity contribution in [2.24, 2.45) is 16.7 Å². The number of hydrogen-bond donors (Lipinski definition) is 0. The number of halogens is 1. The normalized spacial score (nSPS) is 43.0. The van der Waals surface area contributed by atoms with Crippen LogP contribution in [-0.4, -0.2) is 10.6 Å². The second-order valence-corrected chi connectivity index (χ2v) is 6.93. The summed E-state index contributed by atoms with van der Waals surface area (Å²) in [5.74, 6) is 0.960. The summed E-state index contributed by atoms with van der Waals surface area (Å²) in [6.45, 7) is 8.44. The van der Waals surface area contributed by atoms with E-state index < -0.39 is 0 Å². The van der Waals surface area contributed by atoms with Gasteiger partial charge in [0.2, 0.25) is 0 Å². The summed E-state index contributed by atoms with van der Waals surface area (Å²) in [6, 6.07) is 0. The number of hydrogen-bond acceptors (Lipinski definition) is 1. The number of carbonyl (C=O) groups excluding carboxylic acids is 1. The average molecular weight is 271 g/mol. The molecule has 15 heavy (non-hydrogen) atoms. The molecule has 0 aromatic heterocycles. The molecule has 0 unspecified atom stereocenters. The predicted octanol–water partition coefficient (Wildman–Crippen LogP) is 3.72. The van der Waals surface area contributed by atoms with Crippen LogP contribution < -0.4 is 0 Å². The number of carbonyl (C=O) groups is 1. The zero-order valence-electron chi connectivity index (χ0n) is 9.55. The molecule has 2 aliphatic rings. The fourth-order valence-corrected chi connectivity index (χ4v) is 5.17. The molecule has 2 aliphatic carbocycles. The Morgan fingerprint density at radius 2 is 2.27 bits per heavy atom. The van der Waals surface area contributed by atoms with E-state index in [1.807, 2.05) is 6.08 Å². The standard InChI is InChI=1S/C13H19BrO/c1-4-5-13-7-9(15)6-10(11(13)14)12(2,3)8-13/h4,10-11H,1,5-8H2,2-3H3/t10-,11-,13-/m0/s1. The molecule has 1 nitrogen and oxygen atoms in total. The van der Waals surface area contributed by atoms with Crippen molar-refractivity contribution in [1.29, 1.82) is 0 Å². The van der Waals surface area contributed by atoms with E-state index in [1.54, 1.807) is 0 Å². The molecule has 0 N–H and O–H groups in total. The van der Waals surface area contributed by atoms with Gasteiger partial charge in [0.05, 0.1) is 0 Å². The van der Waals surface area contributed by atoms with Gasteiger partial charge in [0.15, 0.2) is 0 Å². The van der Waals surface area contributed by atoms with E-state index >= 15 is 0 Å². The first-order valence-electron chi connectivity index (χ1n) is 5.68. The van der Waals surface area contributed by atoms with Crippen LogP contribution in [0, 0.1) is 16.7 Å². The van der Waals surface area contributed by atoms with Crippen LogP contribution in [0.5, 0.6) is 0 Å². The van der Waals surface area contributed by atoms with E-state index in [4.69, 9.17) is 0 Å². The molecule has 0 heterocycles. The van der Waals surface area contributed by atoms with Gasteiger partial charge in [-0.05, 0) is 29.6 Å². The van der Waals surface area contributed by atoms with E-state index in [1.165, 1.54) is 0 Å². The third kappa shape index (κ3) is 1.61. The van der Waals surface area contributed by atoms with Crippen LogP contribution >= 0.6 is 15.9 Å². The van der Waals surface area contributed by atoms with Gasteiger partial charge in [-0.2, -0.15) is 0 Å². The SMILES string of the molecule is C=CC[C@@]12CC(=O)C[C@@H]([C@@H]1Br)C(C)(C)C2. The van der Waals surface area contributed by atoms with Crippen molar-refractivity contribution < 1.29 is 4.79 Å². The van der Waals surface area contributed by atoms with Crippen molar-refractivity contribution >= 4 is 21.7 Å². The second kappa shape index (κ2) is 3.44. The third-order valence-electron chi connectivity index (χ3n) is 4.30. The molecular weight excluding hydrogens is 252 g/mol. The lowest BCUT2D eigenvalue weighted by Gasteiger charge is -2.36. The van der Waals surface area contributed by atoms with Crippen LogP contribution in [0.25, 0.3) is 0 Å². The van der Waals surface area contributed by atoms with Crippen molar-refractivity contribution in [2.75, 3.05) is 0 Å². The van der Waals surface area contributed by atoms with Gasteiger partial charge in [-0.25, -0.2) is 0 Å². The lowest BCUT2D eigenvalue weighted by molar-refractivity contribution is -0.123. The molecule has 0 amide bonds. The monoisotopic (exact) mass is 270 g/mol. The average Bonchev–Trinajstić information content (AvgIpc) is 2.24. The minimum absolute atomic E-state index is 0.158. The Bertz CT molecular complexity index is 308. The van der Waals surface area contributed by atoms with Crippen LogP contribution in [-0.2, 0) is 4.79 Å². The number of fused-ring (bicyclic) bond motifs is 2. The van der Waals surface area contributed by atoms with Gasteiger partial charge in [-0.15, -0.1) is 6.58 Å². The highest BCUT2D eigenvalue weighted by Crippen LogP contribution is 2.63. The highest BCUT2D eigenvalue weighted by atomic mass is 79.9. The maximum Gasteiger partial charge on any atom is 0.133 e. The van der Waals surface area contributed by atoms with Gasteiger partial charge >= 0.3 is 0 Å². The summed E-state index contributed by atoms with van der Waals surface area (Å²) in [5, 5.41) is 0. The van der Waals surface area contributed by atoms with Crippen molar-refractivity contribution in [2.45, 2.75) is 44.4 Å². The van der Waals surface area contributed by atoms with Gasteiger partial charge in [0.1, 0.15) is 5.78 Å². The van der Waals surface area contributed by atoms with Gasteiger partial charge in [-0.1, -0.05) is 35.9 Å². The fraction of sp³-hybridized carbons (Fsp3) is 0.769. The Kier molecular flexibility index (Phi) is 2.61. The van der Waals surface area contributed by atoms with Crippen LogP contribution in [0.3, 0.4) is 0 Å². The Labute approximate surface area is 100 Å². The first kappa shape index (κ1) is 11.4. The highest BCUT2D eigenvalue weighted by molar-refractivity contribution is 9.09. The maximum absolute atomic E-state index is 11.8. The molecule has 84 valence electrons. The van der Waals surface area contributed by atoms with E-state index in [0.717, 1.165) is 25.7 Å². The zero-order valence-corrected chi connectivity index (χ0v) is 11.1. The van der Waals surface area contributed by atoms with Crippen molar-refractivity contribution in [3.63, 3.8) is 0 Å². The Hall–Kier alpha value is -0.110. The molecule has 2 rings (SSSR count). The van der Waals surface area contributed by atoms with Gasteiger partial charge < -0.3 is 0 Å². The van der Waals surface area contributed by atoms with E-state index in [-0.39, 0.29) is 5.41 Å². The molecule has 0 aliphatic heterocycles. The van der Waals surface area contributed by atoms with Crippen LogP contribution in [0.2, 0.25) is 0 Å². The summed E-state index contributed by atoms with van der Waals surface area (Å²) in [4.78, 5) is 12.3. The summed E-state index contributed by atoms with van der Waals surface area (Å²) < 4.78 is 0. The van der Waals surface area contributed by atoms with E-state index in [0.29, 0.717) is 21.9 Å². The van der Waals surface area contributed by atoms with Crippen molar-refractivity contribution in [3.05, 3.63) is 12.7 Å². The predicted molar refractivity (Wildman–Crippen MR) is 66.1 cm³/mol. The van der Waals surface area contributed by atoms with Crippen LogP contribution in [0.15, 0.2) is 12.7 Å². The Morgan fingerprint density at radius 3 is 2.87 bits per heavy atom. The number of Topliss-reactive ketones (excluding diaryl/α,β-unsaturated/α-hetero) is 1. The number of allylic oxidation sites excluding steroid dienone is 1. The fourth-order valence-electron chi connectivity index (χ4n) is 3.75. The number of alkyl halides is 1. The molecule has 0 aromatic rings. The molecular formula is C13H19BrO. The Balaban J connectivity index is 2.37. The van der Waals surface area contributed by atoms with E-state index in [9.17, 15) is 4.79 Å². The lowest BCUT2D eigenvalue weighted by atomic mass is 9.73. The second-order valence-electron chi connectivity index (χ2n) is 5.95. The molecule has 0 spiro atoms. The molecule has 3 atom stereocenters. The van der Waals surface area contributed by atoms with Gasteiger partial charge in [-0.3, -0.25) is 4.79 Å². The minimum Gasteiger partial charge on any atom is -0.300 e. The number of ketones is 1. The van der Waals surface area contributed by atoms with Crippen molar-refractivity contribution in [1.82, 2.24) is 0 Å². The van der Waals surface area contributed by atoms with Gasteiger partial charge in [0, 0.05) is 17.7 Å². The molecule has 2 saturated carbocycles. The van der Waals surface area contributed by atoms with Crippen molar-refractivity contribution in [3.8, 4) is 0 Å². The zero-order chi connectivity index (χ0) is 11.3. The lowest BCUT2D eigenvalue weighted by Crippen LogP contribution is -2.37. The minimum atomic E-state index is 0.158. The largest absolute Gasteiger partial charge is 0.300 e. The smallest absolute Gasteiger partial charge is 0.133 e. The van der Waals surface area contributed by atoms with Gasteiger partial charge in [0.25, 0.3) is 0 Å².